The molecular weight excluding hydrogens is 794 g/mol. The third-order valence-electron chi connectivity index (χ3n) is 7.13. The van der Waals surface area contributed by atoms with Crippen molar-refractivity contribution in [2.24, 2.45) is 0 Å². The van der Waals surface area contributed by atoms with Crippen molar-refractivity contribution in [3.63, 3.8) is 0 Å². The van der Waals surface area contributed by atoms with Crippen LogP contribution in [0.3, 0.4) is 0 Å². The Morgan fingerprint density at radius 2 is 0.812 bits per heavy atom. The summed E-state index contributed by atoms with van der Waals surface area (Å²) in [6, 6.07) is 36.9. The van der Waals surface area contributed by atoms with Crippen molar-refractivity contribution in [1.29, 1.82) is 0 Å². The van der Waals surface area contributed by atoms with Gasteiger partial charge in [-0.05, 0) is 47.5 Å². The summed E-state index contributed by atoms with van der Waals surface area (Å²) in [5.41, 5.74) is 5.21. The summed E-state index contributed by atoms with van der Waals surface area (Å²) >= 11 is 0. The Bertz CT molecular complexity index is 2240. The number of hydrogen-bond donors (Lipinski definition) is 0. The summed E-state index contributed by atoms with van der Waals surface area (Å²) in [4.78, 5) is 9.56. The van der Waals surface area contributed by atoms with E-state index in [4.69, 9.17) is 0 Å². The predicted octanol–water partition coefficient (Wildman–Crippen LogP) is 1.62. The molecule has 14 heteroatoms. The molecule has 2 aromatic heterocycles. The Balaban J connectivity index is 0.000000240. The molecule has 0 amide bonds. The molecule has 48 heavy (non-hydrogen) atoms. The van der Waals surface area contributed by atoms with Gasteiger partial charge in [0.1, 0.15) is 20.0 Å². The quantitative estimate of drug-likeness (QED) is 0.245. The summed E-state index contributed by atoms with van der Waals surface area (Å²) in [5.74, 6) is 0. The first-order chi connectivity index (χ1) is 21.3. The van der Waals surface area contributed by atoms with Crippen LogP contribution >= 0.6 is 0 Å². The molecule has 2 aliphatic rings. The van der Waals surface area contributed by atoms with Gasteiger partial charge in [0, 0.05) is 10.8 Å². The minimum absolute atomic E-state index is 0. The van der Waals surface area contributed by atoms with E-state index in [2.05, 4.69) is 19.4 Å². The fraction of sp³-hybridized carbons (Fsp3) is 0. The molecule has 0 radical (unpaired) electrons. The maximum atomic E-state index is 12.0. The first kappa shape index (κ1) is 38.9. The third-order valence-corrected chi connectivity index (χ3v) is 9.83. The minimum atomic E-state index is -3.59. The number of rotatable bonds is 2. The Kier molecular flexibility index (Phi) is 12.8. The molecule has 0 fully saturated rings. The molecule has 0 bridgehead atoms. The zero-order valence-corrected chi connectivity index (χ0v) is 34.2. The molecule has 0 saturated carbocycles. The Labute approximate surface area is 316 Å². The molecule has 0 N–H and O–H groups in total. The first-order valence-electron chi connectivity index (χ1n) is 13.6. The fourth-order valence-corrected chi connectivity index (χ4v) is 7.49. The van der Waals surface area contributed by atoms with E-state index < -0.39 is 20.0 Å². The Hall–Kier alpha value is -3.49. The number of fused-ring (bicyclic) bond motifs is 4. The molecule has 4 heterocycles. The van der Waals surface area contributed by atoms with Crippen LogP contribution in [0, 0.1) is 0 Å². The van der Waals surface area contributed by atoms with Gasteiger partial charge in [0.2, 0.25) is 0 Å². The van der Waals surface area contributed by atoms with E-state index in [9.17, 15) is 16.8 Å². The Morgan fingerprint density at radius 3 is 1.23 bits per heavy atom. The van der Waals surface area contributed by atoms with Crippen LogP contribution in [0.1, 0.15) is 22.5 Å². The van der Waals surface area contributed by atoms with Gasteiger partial charge in [0.15, 0.2) is 0 Å². The summed E-state index contributed by atoms with van der Waals surface area (Å²) in [6.07, 6.45) is 3.41. The van der Waals surface area contributed by atoms with E-state index in [0.717, 1.165) is 21.8 Å². The van der Waals surface area contributed by atoms with E-state index in [0.29, 0.717) is 33.9 Å². The van der Waals surface area contributed by atoms with Gasteiger partial charge in [0.05, 0.1) is 32.2 Å². The SMILES string of the molecule is O=S1(=O)[N-]/C(=C\c2ccc3ccccc3n2)c2ccccc21.O=S1(=O)[N-]/C(=C\c2ccc3ccccc3n2)c2ccccc21.[Cl-].[Cl-].[Zn+2].[Zn+2]. The van der Waals surface area contributed by atoms with Crippen LogP contribution in [-0.4, -0.2) is 26.8 Å². The second-order valence-electron chi connectivity index (χ2n) is 10.0. The average molecular weight is 816 g/mol. The average Bonchev–Trinajstić information content (AvgIpc) is 3.45. The smallest absolute Gasteiger partial charge is 1.00 e. The second kappa shape index (κ2) is 15.8. The summed E-state index contributed by atoms with van der Waals surface area (Å²) in [7, 11) is -7.18. The topological polar surface area (TPSA) is 122 Å². The summed E-state index contributed by atoms with van der Waals surface area (Å²) < 4.78 is 55.9. The van der Waals surface area contributed by atoms with Gasteiger partial charge in [-0.25, -0.2) is 26.8 Å². The molecule has 6 aromatic rings. The van der Waals surface area contributed by atoms with Gasteiger partial charge < -0.3 is 34.3 Å². The first-order valence-corrected chi connectivity index (χ1v) is 16.4. The molecule has 0 aliphatic carbocycles. The van der Waals surface area contributed by atoms with Crippen LogP contribution < -0.4 is 24.8 Å². The maximum absolute atomic E-state index is 12.0. The third kappa shape index (κ3) is 7.86. The van der Waals surface area contributed by atoms with Gasteiger partial charge in [-0.3, -0.25) is 0 Å². The monoisotopic (exact) mass is 812 g/mol. The molecule has 2 aliphatic heterocycles. The number of para-hydroxylation sites is 2. The largest absolute Gasteiger partial charge is 2.00 e. The van der Waals surface area contributed by atoms with E-state index in [1.165, 1.54) is 0 Å². The van der Waals surface area contributed by atoms with Crippen molar-refractivity contribution in [2.45, 2.75) is 9.79 Å². The van der Waals surface area contributed by atoms with Gasteiger partial charge in [-0.1, -0.05) is 97.1 Å². The van der Waals surface area contributed by atoms with E-state index >= 15 is 0 Å². The molecule has 0 atom stereocenters. The van der Waals surface area contributed by atoms with E-state index in [1.807, 2.05) is 72.8 Å². The van der Waals surface area contributed by atoms with Crippen LogP contribution in [0.15, 0.2) is 131 Å². The molecule has 4 aromatic carbocycles. The van der Waals surface area contributed by atoms with Crippen molar-refractivity contribution in [3.05, 3.63) is 153 Å². The number of nitrogens with zero attached hydrogens (tertiary/aromatic N) is 4. The van der Waals surface area contributed by atoms with E-state index in [-0.39, 0.29) is 73.6 Å². The normalized spacial score (nSPS) is 15.9. The van der Waals surface area contributed by atoms with Gasteiger partial charge >= 0.3 is 39.0 Å². The van der Waals surface area contributed by atoms with Crippen molar-refractivity contribution in [1.82, 2.24) is 9.97 Å². The van der Waals surface area contributed by atoms with Crippen molar-refractivity contribution in [3.8, 4) is 0 Å². The number of sulfonamides is 2. The number of hydrogen-bond acceptors (Lipinski definition) is 6. The molecule has 232 valence electrons. The van der Waals surface area contributed by atoms with Gasteiger partial charge in [-0.15, -0.1) is 11.4 Å². The minimum Gasteiger partial charge on any atom is -1.00 e. The van der Waals surface area contributed by atoms with Crippen LogP contribution in [0.4, 0.5) is 0 Å². The fourth-order valence-electron chi connectivity index (χ4n) is 5.07. The van der Waals surface area contributed by atoms with Crippen molar-refractivity contribution >= 4 is 65.4 Å². The predicted molar refractivity (Wildman–Crippen MR) is 173 cm³/mol. The summed E-state index contributed by atoms with van der Waals surface area (Å²) in [5, 5.41) is 2.09. The number of pyridine rings is 2. The zero-order chi connectivity index (χ0) is 30.3. The summed E-state index contributed by atoms with van der Waals surface area (Å²) in [6.45, 7) is 0. The zero-order valence-electron chi connectivity index (χ0n) is 25.1. The molecule has 8 nitrogen and oxygen atoms in total. The standard InChI is InChI=1S/2C17H11N2O2S.2ClH.2Zn/c2*20-22(21)17-8-4-2-6-14(17)16(19-22)11-13-10-9-12-5-1-3-7-15(12)18-13;;;;/h2*1-11H;2*1H;;/q2*-1;;;2*+2/p-2/b2*16-11-;;;;. The number of aromatic nitrogens is 2. The van der Waals surface area contributed by atoms with Crippen LogP contribution in [-0.2, 0) is 59.0 Å². The van der Waals surface area contributed by atoms with Crippen molar-refractivity contribution in [2.75, 3.05) is 0 Å². The van der Waals surface area contributed by atoms with Gasteiger partial charge in [0.25, 0.3) is 0 Å². The molecule has 0 spiro atoms. The molecule has 8 rings (SSSR count). The number of halogens is 2. The van der Waals surface area contributed by atoms with E-state index in [1.54, 1.807) is 60.7 Å². The van der Waals surface area contributed by atoms with Crippen LogP contribution in [0.5, 0.6) is 0 Å². The molecule has 0 unspecified atom stereocenters. The maximum Gasteiger partial charge on any atom is 2.00 e. The Morgan fingerprint density at radius 1 is 0.458 bits per heavy atom. The molecular formula is C34H22Cl2N4O4S2Zn2. The number of benzene rings is 4. The van der Waals surface area contributed by atoms with Crippen LogP contribution in [0.25, 0.3) is 54.8 Å². The molecule has 0 saturated heterocycles. The van der Waals surface area contributed by atoms with Gasteiger partial charge in [-0.2, -0.15) is 0 Å². The van der Waals surface area contributed by atoms with Crippen LogP contribution in [0.2, 0.25) is 0 Å². The van der Waals surface area contributed by atoms with Crippen molar-refractivity contribution < 1.29 is 80.6 Å². The second-order valence-corrected chi connectivity index (χ2v) is 13.2.